The van der Waals surface area contributed by atoms with E-state index in [1.165, 1.54) is 0 Å². The lowest BCUT2D eigenvalue weighted by atomic mass is 10.0. The van der Waals surface area contributed by atoms with E-state index >= 15 is 0 Å². The highest BCUT2D eigenvalue weighted by molar-refractivity contribution is 5.96. The van der Waals surface area contributed by atoms with Crippen LogP contribution in [0.15, 0.2) is 60.7 Å². The van der Waals surface area contributed by atoms with E-state index in [1.807, 2.05) is 13.0 Å². The summed E-state index contributed by atoms with van der Waals surface area (Å²) in [6.07, 6.45) is 0.543. The van der Waals surface area contributed by atoms with E-state index in [-0.39, 0.29) is 18.4 Å². The second-order valence-corrected chi connectivity index (χ2v) is 7.00. The van der Waals surface area contributed by atoms with Crippen LogP contribution in [0.25, 0.3) is 0 Å². The second kappa shape index (κ2) is 12.1. The Morgan fingerprint density at radius 2 is 1.52 bits per heavy atom. The van der Waals surface area contributed by atoms with Gasteiger partial charge in [0.1, 0.15) is 0 Å². The molecule has 3 N–H and O–H groups in total. The van der Waals surface area contributed by atoms with Crippen molar-refractivity contribution in [2.24, 2.45) is 0 Å². The molecule has 164 valence electrons. The van der Waals surface area contributed by atoms with Gasteiger partial charge < -0.3 is 15.4 Å². The number of rotatable bonds is 9. The normalized spacial score (nSPS) is 12.2. The van der Waals surface area contributed by atoms with Crippen LogP contribution in [0.5, 0.6) is 0 Å². The minimum atomic E-state index is -0.737. The van der Waals surface area contributed by atoms with Crippen LogP contribution in [0.4, 0.5) is 4.79 Å². The molecular weight excluding hydrogens is 398 g/mol. The number of imide groups is 1. The third-order valence-corrected chi connectivity index (χ3v) is 4.52. The maximum Gasteiger partial charge on any atom is 0.321 e. The fourth-order valence-corrected chi connectivity index (χ4v) is 2.66. The molecule has 0 spiro atoms. The SMILES string of the molecule is CC[C@H](C)NC(=O)NC(=O)COC(=O)C[C@@H](NC(=O)c1ccccc1)c1ccccc1. The summed E-state index contributed by atoms with van der Waals surface area (Å²) in [6.45, 7) is 3.10. The zero-order chi connectivity index (χ0) is 22.6. The van der Waals surface area contributed by atoms with Gasteiger partial charge in [-0.2, -0.15) is 0 Å². The fraction of sp³-hybridized carbons (Fsp3) is 0.304. The van der Waals surface area contributed by atoms with E-state index in [4.69, 9.17) is 4.74 Å². The number of carbonyl (C=O) groups is 4. The lowest BCUT2D eigenvalue weighted by Gasteiger charge is -2.19. The number of urea groups is 1. The van der Waals surface area contributed by atoms with Crippen LogP contribution in [0.2, 0.25) is 0 Å². The number of nitrogens with one attached hydrogen (secondary N) is 3. The monoisotopic (exact) mass is 425 g/mol. The lowest BCUT2D eigenvalue weighted by molar-refractivity contribution is -0.148. The summed E-state index contributed by atoms with van der Waals surface area (Å²) in [5.41, 5.74) is 1.18. The number of esters is 1. The van der Waals surface area contributed by atoms with E-state index in [0.29, 0.717) is 12.0 Å². The van der Waals surface area contributed by atoms with Gasteiger partial charge >= 0.3 is 12.0 Å². The van der Waals surface area contributed by atoms with E-state index in [1.54, 1.807) is 61.5 Å². The van der Waals surface area contributed by atoms with Crippen molar-refractivity contribution in [2.75, 3.05) is 6.61 Å². The smallest absolute Gasteiger partial charge is 0.321 e. The standard InChI is InChI=1S/C23H27N3O5/c1-3-16(2)24-23(30)26-20(27)15-31-21(28)14-19(17-10-6-4-7-11-17)25-22(29)18-12-8-5-9-13-18/h4-13,16,19H,3,14-15H2,1-2H3,(H,25,29)(H2,24,26,27,30)/t16-,19+/m0/s1. The molecule has 0 aromatic heterocycles. The summed E-state index contributed by atoms with van der Waals surface area (Å²) in [4.78, 5) is 48.3. The number of carbonyl (C=O) groups excluding carboxylic acids is 4. The molecule has 0 saturated carbocycles. The largest absolute Gasteiger partial charge is 0.455 e. The van der Waals surface area contributed by atoms with Gasteiger partial charge in [-0.3, -0.25) is 19.7 Å². The topological polar surface area (TPSA) is 114 Å². The molecule has 0 radical (unpaired) electrons. The first-order valence-electron chi connectivity index (χ1n) is 10.1. The third kappa shape index (κ3) is 8.30. The van der Waals surface area contributed by atoms with E-state index in [2.05, 4.69) is 16.0 Å². The zero-order valence-corrected chi connectivity index (χ0v) is 17.6. The number of ether oxygens (including phenoxy) is 1. The van der Waals surface area contributed by atoms with E-state index in [0.717, 1.165) is 5.56 Å². The van der Waals surface area contributed by atoms with Crippen molar-refractivity contribution in [2.45, 2.75) is 38.8 Å². The predicted molar refractivity (Wildman–Crippen MR) is 115 cm³/mol. The summed E-state index contributed by atoms with van der Waals surface area (Å²) in [6, 6.07) is 16.3. The fourth-order valence-electron chi connectivity index (χ4n) is 2.66. The molecule has 0 fully saturated rings. The Morgan fingerprint density at radius 3 is 2.13 bits per heavy atom. The lowest BCUT2D eigenvalue weighted by Crippen LogP contribution is -2.44. The molecular formula is C23H27N3O5. The Morgan fingerprint density at radius 1 is 0.903 bits per heavy atom. The highest BCUT2D eigenvalue weighted by Gasteiger charge is 2.21. The molecule has 2 atom stereocenters. The molecule has 0 bridgehead atoms. The summed E-state index contributed by atoms with van der Waals surface area (Å²) in [7, 11) is 0. The van der Waals surface area contributed by atoms with Crippen molar-refractivity contribution in [1.82, 2.24) is 16.0 Å². The Kier molecular flexibility index (Phi) is 9.22. The van der Waals surface area contributed by atoms with E-state index < -0.39 is 30.6 Å². The average molecular weight is 425 g/mol. The highest BCUT2D eigenvalue weighted by Crippen LogP contribution is 2.18. The van der Waals surface area contributed by atoms with Crippen molar-refractivity contribution in [3.8, 4) is 0 Å². The first kappa shape index (κ1) is 23.6. The van der Waals surface area contributed by atoms with Crippen molar-refractivity contribution in [3.05, 3.63) is 71.8 Å². The molecule has 4 amide bonds. The van der Waals surface area contributed by atoms with Gasteiger partial charge in [0.25, 0.3) is 11.8 Å². The van der Waals surface area contributed by atoms with Crippen molar-refractivity contribution < 1.29 is 23.9 Å². The number of hydrogen-bond donors (Lipinski definition) is 3. The van der Waals surface area contributed by atoms with Crippen molar-refractivity contribution >= 4 is 23.8 Å². The molecule has 31 heavy (non-hydrogen) atoms. The number of hydrogen-bond acceptors (Lipinski definition) is 5. The van der Waals surface area contributed by atoms with Gasteiger partial charge in [0.15, 0.2) is 6.61 Å². The molecule has 2 aromatic rings. The van der Waals surface area contributed by atoms with Crippen LogP contribution in [-0.2, 0) is 14.3 Å². The maximum atomic E-state index is 12.5. The molecule has 8 nitrogen and oxygen atoms in total. The molecule has 0 aliphatic heterocycles. The molecule has 2 aromatic carbocycles. The number of amides is 4. The number of benzene rings is 2. The summed E-state index contributed by atoms with van der Waals surface area (Å²) in [5.74, 6) is -1.75. The Bertz CT molecular complexity index is 887. The third-order valence-electron chi connectivity index (χ3n) is 4.52. The Labute approximate surface area is 181 Å². The molecule has 8 heteroatoms. The second-order valence-electron chi connectivity index (χ2n) is 7.00. The van der Waals surface area contributed by atoms with Gasteiger partial charge in [-0.1, -0.05) is 55.5 Å². The molecule has 0 saturated heterocycles. The minimum absolute atomic E-state index is 0.0878. The van der Waals surface area contributed by atoms with E-state index in [9.17, 15) is 19.2 Å². The molecule has 0 aliphatic carbocycles. The predicted octanol–water partition coefficient (Wildman–Crippen LogP) is 2.72. The minimum Gasteiger partial charge on any atom is -0.455 e. The van der Waals surface area contributed by atoms with Gasteiger partial charge in [0, 0.05) is 11.6 Å². The summed E-state index contributed by atoms with van der Waals surface area (Å²) in [5, 5.41) is 7.51. The van der Waals surface area contributed by atoms with Gasteiger partial charge in [-0.15, -0.1) is 0 Å². The molecule has 0 unspecified atom stereocenters. The maximum absolute atomic E-state index is 12.5. The zero-order valence-electron chi connectivity index (χ0n) is 17.6. The Hall–Kier alpha value is -3.68. The van der Waals surface area contributed by atoms with Crippen LogP contribution < -0.4 is 16.0 Å². The van der Waals surface area contributed by atoms with Crippen LogP contribution in [-0.4, -0.2) is 36.5 Å². The molecule has 0 aliphatic rings. The van der Waals surface area contributed by atoms with Gasteiger partial charge in [-0.05, 0) is 31.0 Å². The molecule has 0 heterocycles. The summed E-state index contributed by atoms with van der Waals surface area (Å²) >= 11 is 0. The Balaban J connectivity index is 1.93. The summed E-state index contributed by atoms with van der Waals surface area (Å²) < 4.78 is 4.99. The average Bonchev–Trinajstić information content (AvgIpc) is 2.78. The highest BCUT2D eigenvalue weighted by atomic mass is 16.5. The van der Waals surface area contributed by atoms with Crippen LogP contribution >= 0.6 is 0 Å². The van der Waals surface area contributed by atoms with Crippen molar-refractivity contribution in [1.29, 1.82) is 0 Å². The van der Waals surface area contributed by atoms with Gasteiger partial charge in [0.05, 0.1) is 12.5 Å². The van der Waals surface area contributed by atoms with Crippen LogP contribution in [0, 0.1) is 0 Å². The van der Waals surface area contributed by atoms with Crippen molar-refractivity contribution in [3.63, 3.8) is 0 Å². The molecule has 2 rings (SSSR count). The van der Waals surface area contributed by atoms with Gasteiger partial charge in [-0.25, -0.2) is 4.79 Å². The van der Waals surface area contributed by atoms with Crippen LogP contribution in [0.3, 0.4) is 0 Å². The van der Waals surface area contributed by atoms with Gasteiger partial charge in [0.2, 0.25) is 0 Å². The quantitative estimate of drug-likeness (QED) is 0.535. The van der Waals surface area contributed by atoms with Crippen LogP contribution in [0.1, 0.15) is 48.7 Å². The first-order chi connectivity index (χ1) is 14.9. The first-order valence-corrected chi connectivity index (χ1v) is 10.1.